The number of nitriles is 1. The molecule has 202 valence electrons. The minimum Gasteiger partial charge on any atom is -0.300 e. The van der Waals surface area contributed by atoms with Crippen LogP contribution in [0.4, 0.5) is 0 Å². The van der Waals surface area contributed by atoms with Gasteiger partial charge in [-0.3, -0.25) is 5.41 Å². The van der Waals surface area contributed by atoms with Crippen LogP contribution in [0.3, 0.4) is 0 Å². The lowest BCUT2D eigenvalue weighted by Crippen LogP contribution is -2.54. The standard InChI is InChI=1S/C31H45N3O2S/c1-5-6-20(2)25-10-11-26-24-9-7-21-17-23(13-15-30(21,3)27(24)14-16-31(25,26)4)37(35,36)29-18-22(34-19-32)8-12-28(29)33/h8,12,18,20-21,23-27,33H,5-7,9-11,13-17H2,1-4H3/t20-,21-,23?,24?,25-,26?,27?,30+,31-/m1/s1. The monoisotopic (exact) mass is 523 g/mol. The molecule has 0 saturated heterocycles. The van der Waals surface area contributed by atoms with Crippen LogP contribution in [0.25, 0.3) is 0 Å². The number of rotatable bonds is 5. The number of hydrogen-bond donors (Lipinski definition) is 1. The third kappa shape index (κ3) is 4.28. The van der Waals surface area contributed by atoms with E-state index in [9.17, 15) is 8.42 Å². The van der Waals surface area contributed by atoms with E-state index in [-0.39, 0.29) is 16.0 Å². The van der Waals surface area contributed by atoms with Crippen molar-refractivity contribution >= 4 is 21.3 Å². The van der Waals surface area contributed by atoms with Crippen molar-refractivity contribution in [3.8, 4) is 6.19 Å². The number of nitrogens with zero attached hydrogens (tertiary/aromatic N) is 2. The van der Waals surface area contributed by atoms with Gasteiger partial charge in [0, 0.05) is 0 Å². The van der Waals surface area contributed by atoms with Gasteiger partial charge >= 0.3 is 0 Å². The van der Waals surface area contributed by atoms with E-state index >= 15 is 0 Å². The van der Waals surface area contributed by atoms with Crippen LogP contribution >= 0.6 is 0 Å². The minimum atomic E-state index is -3.64. The van der Waals surface area contributed by atoms with Crippen LogP contribution in [0.1, 0.15) is 98.3 Å². The minimum absolute atomic E-state index is 0.00795. The molecule has 0 aliphatic heterocycles. The zero-order chi connectivity index (χ0) is 26.6. The van der Waals surface area contributed by atoms with Crippen LogP contribution in [-0.2, 0) is 9.84 Å². The number of sulfone groups is 1. The van der Waals surface area contributed by atoms with Crippen LogP contribution in [0.15, 0.2) is 28.1 Å². The quantitative estimate of drug-likeness (QED) is 0.303. The van der Waals surface area contributed by atoms with Crippen molar-refractivity contribution in [1.29, 1.82) is 10.7 Å². The molecule has 4 fully saturated rings. The molecule has 5 aliphatic rings. The Hall–Kier alpha value is -1.74. The molecule has 0 spiro atoms. The van der Waals surface area contributed by atoms with Crippen molar-refractivity contribution in [3.05, 3.63) is 23.1 Å². The number of allylic oxidation sites excluding steroid dienone is 4. The molecule has 5 rings (SSSR count). The van der Waals surface area contributed by atoms with Gasteiger partial charge in [-0.15, -0.1) is 0 Å². The highest BCUT2D eigenvalue weighted by Crippen LogP contribution is 2.68. The van der Waals surface area contributed by atoms with Gasteiger partial charge in [-0.05, 0) is 122 Å². The zero-order valence-corrected chi connectivity index (χ0v) is 24.0. The van der Waals surface area contributed by atoms with Gasteiger partial charge in [0.05, 0.1) is 21.6 Å². The fourth-order valence-electron chi connectivity index (χ4n) is 10.2. The van der Waals surface area contributed by atoms with E-state index in [2.05, 4.69) is 32.7 Å². The molecule has 0 aromatic carbocycles. The first-order valence-corrected chi connectivity index (χ1v) is 16.3. The predicted molar refractivity (Wildman–Crippen MR) is 150 cm³/mol. The van der Waals surface area contributed by atoms with E-state index in [0.29, 0.717) is 29.9 Å². The molecule has 0 radical (unpaired) electrons. The molecule has 4 saturated carbocycles. The van der Waals surface area contributed by atoms with E-state index in [1.54, 1.807) is 6.19 Å². The molecular formula is C31H45N3O2S. The first-order valence-electron chi connectivity index (χ1n) is 14.8. The van der Waals surface area contributed by atoms with Crippen molar-refractivity contribution in [2.24, 2.45) is 51.3 Å². The summed E-state index contributed by atoms with van der Waals surface area (Å²) in [6.07, 6.45) is 19.0. The molecule has 9 atom stereocenters. The summed E-state index contributed by atoms with van der Waals surface area (Å²) < 4.78 is 27.5. The average molecular weight is 524 g/mol. The summed E-state index contributed by atoms with van der Waals surface area (Å²) in [5.74, 6) is 4.49. The summed E-state index contributed by atoms with van der Waals surface area (Å²) >= 11 is 0. The predicted octanol–water partition coefficient (Wildman–Crippen LogP) is 7.26. The number of fused-ring (bicyclic) bond motifs is 5. The van der Waals surface area contributed by atoms with Crippen molar-refractivity contribution in [1.82, 2.24) is 0 Å². The van der Waals surface area contributed by atoms with Crippen molar-refractivity contribution in [2.45, 2.75) is 104 Å². The van der Waals surface area contributed by atoms with Gasteiger partial charge < -0.3 is 0 Å². The molecule has 4 unspecified atom stereocenters. The molecule has 5 nitrogen and oxygen atoms in total. The Kier molecular flexibility index (Phi) is 7.10. The van der Waals surface area contributed by atoms with Crippen molar-refractivity contribution < 1.29 is 8.42 Å². The maximum absolute atomic E-state index is 13.7. The van der Waals surface area contributed by atoms with Crippen LogP contribution in [0.2, 0.25) is 0 Å². The molecule has 5 aliphatic carbocycles. The number of nitrogens with one attached hydrogen (secondary N) is 1. The lowest BCUT2D eigenvalue weighted by atomic mass is 9.44. The Bertz CT molecular complexity index is 1180. The second-order valence-electron chi connectivity index (χ2n) is 13.5. The van der Waals surface area contributed by atoms with Gasteiger partial charge in [0.25, 0.3) is 0 Å². The van der Waals surface area contributed by atoms with Crippen molar-refractivity contribution in [2.75, 3.05) is 0 Å². The molecule has 0 bridgehead atoms. The molecule has 0 aromatic heterocycles. The van der Waals surface area contributed by atoms with Gasteiger partial charge in [-0.25, -0.2) is 8.42 Å². The van der Waals surface area contributed by atoms with E-state index in [4.69, 9.17) is 10.7 Å². The SMILES string of the molecule is CCC[C@@H](C)[C@H]1CCC2C3CC[C@@H]4CC(S(=O)(=O)C5=CC(=NC#N)C=CC5=N)CC[C@]4(C)C3CC[C@@]21C. The Balaban J connectivity index is 1.34. The summed E-state index contributed by atoms with van der Waals surface area (Å²) in [6.45, 7) is 9.94. The second-order valence-corrected chi connectivity index (χ2v) is 15.7. The highest BCUT2D eigenvalue weighted by Gasteiger charge is 2.61. The van der Waals surface area contributed by atoms with Gasteiger partial charge in [0.2, 0.25) is 6.19 Å². The smallest absolute Gasteiger partial charge is 0.206 e. The average Bonchev–Trinajstić information content (AvgIpc) is 3.22. The van der Waals surface area contributed by atoms with Crippen LogP contribution < -0.4 is 0 Å². The van der Waals surface area contributed by atoms with Crippen LogP contribution in [-0.4, -0.2) is 25.1 Å². The Morgan fingerprint density at radius 2 is 1.81 bits per heavy atom. The molecule has 1 N–H and O–H groups in total. The lowest BCUT2D eigenvalue weighted by molar-refractivity contribution is -0.113. The lowest BCUT2D eigenvalue weighted by Gasteiger charge is -2.61. The Morgan fingerprint density at radius 1 is 1.08 bits per heavy atom. The maximum atomic E-state index is 13.7. The first kappa shape index (κ1) is 26.9. The normalized spacial score (nSPS) is 43.4. The van der Waals surface area contributed by atoms with E-state index in [1.165, 1.54) is 63.2 Å². The highest BCUT2D eigenvalue weighted by atomic mass is 32.2. The van der Waals surface area contributed by atoms with E-state index in [1.807, 2.05) is 0 Å². The number of aliphatic imine (C=N–C) groups is 1. The molecule has 0 aromatic rings. The summed E-state index contributed by atoms with van der Waals surface area (Å²) in [5, 5.41) is 16.7. The van der Waals surface area contributed by atoms with Crippen LogP contribution in [0.5, 0.6) is 0 Å². The van der Waals surface area contributed by atoms with Crippen molar-refractivity contribution in [3.63, 3.8) is 0 Å². The van der Waals surface area contributed by atoms with E-state index < -0.39 is 15.1 Å². The summed E-state index contributed by atoms with van der Waals surface area (Å²) in [5.41, 5.74) is 1.04. The molecule has 37 heavy (non-hydrogen) atoms. The van der Waals surface area contributed by atoms with E-state index in [0.717, 1.165) is 42.4 Å². The summed E-state index contributed by atoms with van der Waals surface area (Å²) in [4.78, 5) is 3.74. The third-order valence-electron chi connectivity index (χ3n) is 12.0. The van der Waals surface area contributed by atoms with Gasteiger partial charge in [0.15, 0.2) is 9.84 Å². The molecular weight excluding hydrogens is 478 g/mol. The summed E-state index contributed by atoms with van der Waals surface area (Å²) in [6, 6.07) is 0. The van der Waals surface area contributed by atoms with Gasteiger partial charge in [0.1, 0.15) is 0 Å². The second kappa shape index (κ2) is 9.78. The Labute approximate surface area is 224 Å². The van der Waals surface area contributed by atoms with Gasteiger partial charge in [-0.1, -0.05) is 40.5 Å². The first-order chi connectivity index (χ1) is 17.6. The molecule has 0 heterocycles. The maximum Gasteiger partial charge on any atom is 0.206 e. The fraction of sp³-hybridized carbons (Fsp3) is 0.774. The Morgan fingerprint density at radius 3 is 2.54 bits per heavy atom. The summed E-state index contributed by atoms with van der Waals surface area (Å²) in [7, 11) is -3.64. The topological polar surface area (TPSA) is 94.1 Å². The largest absolute Gasteiger partial charge is 0.300 e. The van der Waals surface area contributed by atoms with Crippen LogP contribution in [0, 0.1) is 63.2 Å². The zero-order valence-electron chi connectivity index (χ0n) is 23.2. The molecule has 0 amide bonds. The third-order valence-corrected chi connectivity index (χ3v) is 14.3. The number of hydrogen-bond acceptors (Lipinski definition) is 5. The highest BCUT2D eigenvalue weighted by molar-refractivity contribution is 7.96. The molecule has 6 heteroatoms. The fourth-order valence-corrected chi connectivity index (χ4v) is 12.1. The van der Waals surface area contributed by atoms with Gasteiger partial charge in [-0.2, -0.15) is 10.3 Å².